The van der Waals surface area contributed by atoms with Crippen LogP contribution in [0.25, 0.3) is 0 Å². The van der Waals surface area contributed by atoms with Gasteiger partial charge in [0.1, 0.15) is 5.84 Å². The Morgan fingerprint density at radius 1 is 1.17 bits per heavy atom. The number of carbonyl (C=O) groups is 1. The van der Waals surface area contributed by atoms with Gasteiger partial charge in [0.2, 0.25) is 0 Å². The number of thiocarbonyl (C=S) groups is 1. The van der Waals surface area contributed by atoms with Crippen LogP contribution < -0.4 is 15.8 Å². The van der Waals surface area contributed by atoms with E-state index >= 15 is 0 Å². The van der Waals surface area contributed by atoms with E-state index in [4.69, 9.17) is 23.8 Å². The molecule has 23 heavy (non-hydrogen) atoms. The first-order valence-corrected chi connectivity index (χ1v) is 7.69. The fraction of sp³-hybridized carbons (Fsp3) is 0.0625. The summed E-state index contributed by atoms with van der Waals surface area (Å²) < 4.78 is 0. The molecule has 2 aromatic rings. The normalized spacial score (nSPS) is 15.6. The second-order valence-electron chi connectivity index (χ2n) is 4.85. The Hall–Kier alpha value is -2.44. The summed E-state index contributed by atoms with van der Waals surface area (Å²) in [4.78, 5) is 16.3. The zero-order valence-corrected chi connectivity index (χ0v) is 13.6. The molecule has 1 fully saturated rings. The number of hydrazine groups is 1. The van der Waals surface area contributed by atoms with E-state index in [1.165, 1.54) is 5.01 Å². The van der Waals surface area contributed by atoms with Crippen LogP contribution in [0, 0.1) is 0 Å². The summed E-state index contributed by atoms with van der Waals surface area (Å²) in [5, 5.41) is 5.37. The Balaban J connectivity index is 1.67. The summed E-state index contributed by atoms with van der Waals surface area (Å²) >= 11 is 11.0. The van der Waals surface area contributed by atoms with Crippen molar-refractivity contribution in [3.8, 4) is 0 Å². The Morgan fingerprint density at radius 3 is 2.57 bits per heavy atom. The van der Waals surface area contributed by atoms with Gasteiger partial charge in [-0.2, -0.15) is 0 Å². The number of rotatable bonds is 2. The van der Waals surface area contributed by atoms with Crippen LogP contribution in [0.3, 0.4) is 0 Å². The molecule has 0 unspecified atom stereocenters. The molecule has 0 aliphatic carbocycles. The quantitative estimate of drug-likeness (QED) is 0.820. The molecule has 0 radical (unpaired) electrons. The van der Waals surface area contributed by atoms with Crippen LogP contribution in [-0.4, -0.2) is 16.9 Å². The number of amidine groups is 1. The van der Waals surface area contributed by atoms with Gasteiger partial charge in [-0.3, -0.25) is 10.2 Å². The molecule has 2 aromatic carbocycles. The van der Waals surface area contributed by atoms with Crippen molar-refractivity contribution in [3.05, 3.63) is 59.6 Å². The van der Waals surface area contributed by atoms with E-state index in [9.17, 15) is 4.79 Å². The number of hydrogen-bond acceptors (Lipinski definition) is 2. The summed E-state index contributed by atoms with van der Waals surface area (Å²) in [6.45, 7) is 0. The summed E-state index contributed by atoms with van der Waals surface area (Å²) in [7, 11) is 0. The fourth-order valence-corrected chi connectivity index (χ4v) is 2.46. The SMILES string of the molecule is O=C1CC(=NC(=S)Nc2ccc(Cl)cc2)NN1c1ccccc1. The first-order valence-electron chi connectivity index (χ1n) is 6.90. The molecular formula is C16H13ClN4OS. The van der Waals surface area contributed by atoms with E-state index in [-0.39, 0.29) is 17.4 Å². The first kappa shape index (κ1) is 15.5. The van der Waals surface area contributed by atoms with Crippen molar-refractivity contribution in [2.45, 2.75) is 6.42 Å². The van der Waals surface area contributed by atoms with Crippen LogP contribution >= 0.6 is 23.8 Å². The predicted octanol–water partition coefficient (Wildman–Crippen LogP) is 3.38. The van der Waals surface area contributed by atoms with Gasteiger partial charge in [-0.15, -0.1) is 0 Å². The molecule has 0 bridgehead atoms. The van der Waals surface area contributed by atoms with Crippen LogP contribution in [0.4, 0.5) is 11.4 Å². The molecule has 2 N–H and O–H groups in total. The van der Waals surface area contributed by atoms with E-state index in [0.29, 0.717) is 10.9 Å². The lowest BCUT2D eigenvalue weighted by Gasteiger charge is -2.15. The van der Waals surface area contributed by atoms with Crippen LogP contribution in [0.1, 0.15) is 6.42 Å². The number of halogens is 1. The molecule has 0 atom stereocenters. The monoisotopic (exact) mass is 344 g/mol. The van der Waals surface area contributed by atoms with Gasteiger partial charge in [0, 0.05) is 10.7 Å². The average molecular weight is 345 g/mol. The fourth-order valence-electron chi connectivity index (χ4n) is 2.11. The number of carbonyl (C=O) groups excluding carboxylic acids is 1. The predicted molar refractivity (Wildman–Crippen MR) is 96.8 cm³/mol. The minimum absolute atomic E-state index is 0.0794. The third-order valence-corrected chi connectivity index (χ3v) is 3.60. The zero-order chi connectivity index (χ0) is 16.2. The summed E-state index contributed by atoms with van der Waals surface area (Å²) in [6, 6.07) is 16.4. The van der Waals surface area contributed by atoms with Gasteiger partial charge in [-0.25, -0.2) is 10.0 Å². The third kappa shape index (κ3) is 3.85. The Morgan fingerprint density at radius 2 is 1.87 bits per heavy atom. The molecular weight excluding hydrogens is 332 g/mol. The lowest BCUT2D eigenvalue weighted by molar-refractivity contribution is -0.116. The Labute approximate surface area is 143 Å². The summed E-state index contributed by atoms with van der Waals surface area (Å²) in [5.74, 6) is 0.426. The van der Waals surface area contributed by atoms with Gasteiger partial charge in [-0.1, -0.05) is 29.8 Å². The summed E-state index contributed by atoms with van der Waals surface area (Å²) in [5.41, 5.74) is 4.52. The summed E-state index contributed by atoms with van der Waals surface area (Å²) in [6.07, 6.45) is 0.178. The largest absolute Gasteiger partial charge is 0.331 e. The highest BCUT2D eigenvalue weighted by Crippen LogP contribution is 2.17. The van der Waals surface area contributed by atoms with Crippen LogP contribution in [0.15, 0.2) is 59.6 Å². The molecule has 1 aliphatic rings. The van der Waals surface area contributed by atoms with E-state index < -0.39 is 0 Å². The molecule has 116 valence electrons. The molecule has 5 nitrogen and oxygen atoms in total. The molecule has 1 aliphatic heterocycles. The lowest BCUT2D eigenvalue weighted by Crippen LogP contribution is -2.36. The molecule has 3 rings (SSSR count). The molecule has 1 saturated heterocycles. The highest BCUT2D eigenvalue weighted by atomic mass is 35.5. The highest BCUT2D eigenvalue weighted by Gasteiger charge is 2.26. The van der Waals surface area contributed by atoms with Gasteiger partial charge < -0.3 is 5.32 Å². The van der Waals surface area contributed by atoms with E-state index in [1.807, 2.05) is 30.3 Å². The number of para-hydroxylation sites is 1. The van der Waals surface area contributed by atoms with Crippen molar-refractivity contribution < 1.29 is 4.79 Å². The maximum atomic E-state index is 12.1. The smallest absolute Gasteiger partial charge is 0.253 e. The van der Waals surface area contributed by atoms with Crippen LogP contribution in [0.2, 0.25) is 5.02 Å². The van der Waals surface area contributed by atoms with Crippen molar-refractivity contribution in [2.24, 2.45) is 4.99 Å². The lowest BCUT2D eigenvalue weighted by atomic mass is 10.3. The molecule has 0 spiro atoms. The number of nitrogens with zero attached hydrogens (tertiary/aromatic N) is 2. The molecule has 0 saturated carbocycles. The van der Waals surface area contributed by atoms with Crippen LogP contribution in [0.5, 0.6) is 0 Å². The Bertz CT molecular complexity index is 761. The molecule has 7 heteroatoms. The highest BCUT2D eigenvalue weighted by molar-refractivity contribution is 7.80. The number of aliphatic imine (C=N–C) groups is 1. The topological polar surface area (TPSA) is 56.7 Å². The first-order chi connectivity index (χ1) is 11.1. The second kappa shape index (κ2) is 6.76. The van der Waals surface area contributed by atoms with Gasteiger partial charge in [0.25, 0.3) is 5.91 Å². The zero-order valence-electron chi connectivity index (χ0n) is 12.0. The minimum atomic E-state index is -0.0794. The third-order valence-electron chi connectivity index (χ3n) is 3.16. The van der Waals surface area contributed by atoms with Crippen molar-refractivity contribution >= 4 is 52.0 Å². The van der Waals surface area contributed by atoms with Gasteiger partial charge in [0.15, 0.2) is 5.11 Å². The van der Waals surface area contributed by atoms with Gasteiger partial charge >= 0.3 is 0 Å². The molecule has 0 aromatic heterocycles. The molecule has 1 amide bonds. The van der Waals surface area contributed by atoms with E-state index in [0.717, 1.165) is 11.4 Å². The second-order valence-corrected chi connectivity index (χ2v) is 5.67. The van der Waals surface area contributed by atoms with Gasteiger partial charge in [-0.05, 0) is 48.6 Å². The number of benzene rings is 2. The van der Waals surface area contributed by atoms with E-state index in [1.54, 1.807) is 24.3 Å². The van der Waals surface area contributed by atoms with Crippen LogP contribution in [-0.2, 0) is 4.79 Å². The van der Waals surface area contributed by atoms with Crippen molar-refractivity contribution in [1.29, 1.82) is 0 Å². The van der Waals surface area contributed by atoms with E-state index in [2.05, 4.69) is 15.7 Å². The Kier molecular flexibility index (Phi) is 4.55. The van der Waals surface area contributed by atoms with Crippen molar-refractivity contribution in [3.63, 3.8) is 0 Å². The van der Waals surface area contributed by atoms with Crippen molar-refractivity contribution in [1.82, 2.24) is 5.43 Å². The average Bonchev–Trinajstić information content (AvgIpc) is 2.91. The molecule has 1 heterocycles. The standard InChI is InChI=1S/C16H13ClN4OS/c17-11-6-8-12(9-7-11)18-16(23)19-14-10-15(22)21(20-14)13-4-2-1-3-5-13/h1-9H,10H2,(H2,18,19,20,23). The number of hydrogen-bond donors (Lipinski definition) is 2. The maximum Gasteiger partial charge on any atom is 0.253 e. The number of anilines is 2. The van der Waals surface area contributed by atoms with Crippen molar-refractivity contribution in [2.75, 3.05) is 10.3 Å². The number of nitrogens with one attached hydrogen (secondary N) is 2. The number of amides is 1. The van der Waals surface area contributed by atoms with Gasteiger partial charge in [0.05, 0.1) is 12.1 Å². The maximum absolute atomic E-state index is 12.1. The minimum Gasteiger partial charge on any atom is -0.331 e.